The predicted octanol–water partition coefficient (Wildman–Crippen LogP) is 1.38. The van der Waals surface area contributed by atoms with Crippen LogP contribution in [0.5, 0.6) is 0 Å². The third-order valence-corrected chi connectivity index (χ3v) is 5.64. The Labute approximate surface area is 165 Å². The van der Waals surface area contributed by atoms with Crippen molar-refractivity contribution < 1.29 is 4.74 Å². The molecule has 1 aromatic carbocycles. The van der Waals surface area contributed by atoms with Crippen LogP contribution in [0.4, 0.5) is 11.5 Å². The lowest BCUT2D eigenvalue weighted by Gasteiger charge is -2.34. The van der Waals surface area contributed by atoms with Gasteiger partial charge in [0, 0.05) is 63.9 Å². The van der Waals surface area contributed by atoms with E-state index >= 15 is 0 Å². The lowest BCUT2D eigenvalue weighted by atomic mass is 10.0. The smallest absolute Gasteiger partial charge is 0.293 e. The number of nitrogens with one attached hydrogen (secondary N) is 1. The first-order chi connectivity index (χ1) is 13.7. The average Bonchev–Trinajstić information content (AvgIpc) is 2.75. The van der Waals surface area contributed by atoms with Crippen LogP contribution in [0.2, 0.25) is 0 Å². The van der Waals surface area contributed by atoms with Crippen LogP contribution in [0.25, 0.3) is 0 Å². The van der Waals surface area contributed by atoms with E-state index in [4.69, 9.17) is 4.74 Å². The standard InChI is InChI=1S/C21H29N5O2/c1-24-10-8-22-20(21(24)27)26-9-4-6-18(16-26)23-15-17-5-2-3-7-19(17)25-11-13-28-14-12-25/h2-3,5,7-8,10,18,23H,4,6,9,11-16H2,1H3/t18-/m0/s1. The Morgan fingerprint density at radius 2 is 2.00 bits per heavy atom. The van der Waals surface area contributed by atoms with Gasteiger partial charge in [-0.25, -0.2) is 4.98 Å². The van der Waals surface area contributed by atoms with E-state index in [1.807, 2.05) is 0 Å². The molecule has 2 fully saturated rings. The molecule has 0 radical (unpaired) electrons. The molecule has 2 aliphatic rings. The molecule has 3 heterocycles. The van der Waals surface area contributed by atoms with Crippen LogP contribution < -0.4 is 20.7 Å². The summed E-state index contributed by atoms with van der Waals surface area (Å²) in [5.41, 5.74) is 2.58. The average molecular weight is 383 g/mol. The van der Waals surface area contributed by atoms with E-state index in [1.54, 1.807) is 24.0 Å². The largest absolute Gasteiger partial charge is 0.378 e. The molecule has 2 aromatic rings. The van der Waals surface area contributed by atoms with Gasteiger partial charge in [0.2, 0.25) is 0 Å². The van der Waals surface area contributed by atoms with Crippen molar-refractivity contribution in [3.05, 3.63) is 52.6 Å². The highest BCUT2D eigenvalue weighted by molar-refractivity contribution is 5.54. The zero-order valence-electron chi connectivity index (χ0n) is 16.5. The summed E-state index contributed by atoms with van der Waals surface area (Å²) in [5, 5.41) is 3.71. The molecule has 2 saturated heterocycles. The van der Waals surface area contributed by atoms with E-state index in [0.29, 0.717) is 11.9 Å². The second kappa shape index (κ2) is 8.75. The number of ether oxygens (including phenoxy) is 1. The van der Waals surface area contributed by atoms with Gasteiger partial charge < -0.3 is 24.4 Å². The first-order valence-corrected chi connectivity index (χ1v) is 10.1. The van der Waals surface area contributed by atoms with Gasteiger partial charge in [0.25, 0.3) is 5.56 Å². The molecule has 1 aromatic heterocycles. The predicted molar refractivity (Wildman–Crippen MR) is 111 cm³/mol. The number of rotatable bonds is 5. The van der Waals surface area contributed by atoms with Gasteiger partial charge in [0.05, 0.1) is 13.2 Å². The molecule has 1 atom stereocenters. The summed E-state index contributed by atoms with van der Waals surface area (Å²) in [5.74, 6) is 0.560. The molecule has 150 valence electrons. The van der Waals surface area contributed by atoms with Gasteiger partial charge >= 0.3 is 0 Å². The number of para-hydroxylation sites is 1. The molecule has 0 saturated carbocycles. The highest BCUT2D eigenvalue weighted by Crippen LogP contribution is 2.22. The van der Waals surface area contributed by atoms with Gasteiger partial charge in [-0.15, -0.1) is 0 Å². The minimum Gasteiger partial charge on any atom is -0.378 e. The molecule has 7 nitrogen and oxygen atoms in total. The summed E-state index contributed by atoms with van der Waals surface area (Å²) in [6.07, 6.45) is 5.58. The molecule has 4 rings (SSSR count). The van der Waals surface area contributed by atoms with Crippen LogP contribution in [0, 0.1) is 0 Å². The van der Waals surface area contributed by atoms with Crippen molar-refractivity contribution in [2.75, 3.05) is 49.2 Å². The molecule has 28 heavy (non-hydrogen) atoms. The van der Waals surface area contributed by atoms with Gasteiger partial charge in [0.15, 0.2) is 5.82 Å². The van der Waals surface area contributed by atoms with Crippen molar-refractivity contribution in [1.82, 2.24) is 14.9 Å². The van der Waals surface area contributed by atoms with Crippen molar-refractivity contribution in [3.8, 4) is 0 Å². The van der Waals surface area contributed by atoms with Gasteiger partial charge in [-0.3, -0.25) is 4.79 Å². The van der Waals surface area contributed by atoms with Crippen LogP contribution in [-0.2, 0) is 18.3 Å². The second-order valence-corrected chi connectivity index (χ2v) is 7.56. The van der Waals surface area contributed by atoms with Gasteiger partial charge in [-0.2, -0.15) is 0 Å². The van der Waals surface area contributed by atoms with Crippen LogP contribution in [-0.4, -0.2) is 55.0 Å². The fourth-order valence-corrected chi connectivity index (χ4v) is 4.06. The van der Waals surface area contributed by atoms with Gasteiger partial charge in [0.1, 0.15) is 0 Å². The fraction of sp³-hybridized carbons (Fsp3) is 0.524. The molecular weight excluding hydrogens is 354 g/mol. The fourth-order valence-electron chi connectivity index (χ4n) is 4.06. The SMILES string of the molecule is Cn1ccnc(N2CCC[C@H](NCc3ccccc3N3CCOCC3)C2)c1=O. The first-order valence-electron chi connectivity index (χ1n) is 10.1. The third-order valence-electron chi connectivity index (χ3n) is 5.64. The van der Waals surface area contributed by atoms with Crippen LogP contribution >= 0.6 is 0 Å². The van der Waals surface area contributed by atoms with E-state index in [2.05, 4.69) is 44.4 Å². The highest BCUT2D eigenvalue weighted by atomic mass is 16.5. The van der Waals surface area contributed by atoms with Crippen molar-refractivity contribution in [3.63, 3.8) is 0 Å². The highest BCUT2D eigenvalue weighted by Gasteiger charge is 2.23. The van der Waals surface area contributed by atoms with E-state index in [-0.39, 0.29) is 5.56 Å². The lowest BCUT2D eigenvalue weighted by molar-refractivity contribution is 0.122. The number of benzene rings is 1. The first kappa shape index (κ1) is 19.0. The molecule has 7 heteroatoms. The Kier molecular flexibility index (Phi) is 5.92. The third kappa shape index (κ3) is 4.20. The van der Waals surface area contributed by atoms with E-state index < -0.39 is 0 Å². The number of nitrogens with zero attached hydrogens (tertiary/aromatic N) is 4. The number of hydrogen-bond acceptors (Lipinski definition) is 6. The molecule has 2 aliphatic heterocycles. The summed E-state index contributed by atoms with van der Waals surface area (Å²) < 4.78 is 7.09. The Balaban J connectivity index is 1.41. The summed E-state index contributed by atoms with van der Waals surface area (Å²) in [7, 11) is 1.77. The molecule has 0 bridgehead atoms. The summed E-state index contributed by atoms with van der Waals surface area (Å²) in [4.78, 5) is 21.3. The van der Waals surface area contributed by atoms with E-state index in [0.717, 1.165) is 58.8 Å². The molecular formula is C21H29N5O2. The monoisotopic (exact) mass is 383 g/mol. The quantitative estimate of drug-likeness (QED) is 0.842. The van der Waals surface area contributed by atoms with Crippen molar-refractivity contribution in [2.24, 2.45) is 7.05 Å². The Bertz CT molecular complexity index is 847. The summed E-state index contributed by atoms with van der Waals surface area (Å²) in [6, 6.07) is 8.96. The minimum atomic E-state index is -0.0270. The maximum atomic E-state index is 12.4. The number of morpholine rings is 1. The number of hydrogen-bond donors (Lipinski definition) is 1. The molecule has 0 spiro atoms. The maximum absolute atomic E-state index is 12.4. The number of piperidine rings is 1. The topological polar surface area (TPSA) is 62.6 Å². The van der Waals surface area contributed by atoms with Crippen LogP contribution in [0.15, 0.2) is 41.5 Å². The minimum absolute atomic E-state index is 0.0270. The zero-order chi connectivity index (χ0) is 19.3. The lowest BCUT2D eigenvalue weighted by Crippen LogP contribution is -2.47. The number of aryl methyl sites for hydroxylation is 1. The van der Waals surface area contributed by atoms with Crippen LogP contribution in [0.3, 0.4) is 0 Å². The van der Waals surface area contributed by atoms with Crippen LogP contribution in [0.1, 0.15) is 18.4 Å². The Morgan fingerprint density at radius 3 is 2.86 bits per heavy atom. The van der Waals surface area contributed by atoms with Crippen molar-refractivity contribution in [1.29, 1.82) is 0 Å². The number of aromatic nitrogens is 2. The maximum Gasteiger partial charge on any atom is 0.293 e. The number of anilines is 2. The summed E-state index contributed by atoms with van der Waals surface area (Å²) in [6.45, 7) is 5.98. The molecule has 0 unspecified atom stereocenters. The molecule has 0 aliphatic carbocycles. The van der Waals surface area contributed by atoms with Gasteiger partial charge in [-0.05, 0) is 24.5 Å². The summed E-state index contributed by atoms with van der Waals surface area (Å²) >= 11 is 0. The zero-order valence-corrected chi connectivity index (χ0v) is 16.5. The van der Waals surface area contributed by atoms with Crippen molar-refractivity contribution >= 4 is 11.5 Å². The van der Waals surface area contributed by atoms with E-state index in [9.17, 15) is 4.79 Å². The molecule has 0 amide bonds. The van der Waals surface area contributed by atoms with Crippen molar-refractivity contribution in [2.45, 2.75) is 25.4 Å². The van der Waals surface area contributed by atoms with Gasteiger partial charge in [-0.1, -0.05) is 18.2 Å². The Morgan fingerprint density at radius 1 is 1.18 bits per heavy atom. The second-order valence-electron chi connectivity index (χ2n) is 7.56. The Hall–Kier alpha value is -2.38. The molecule has 1 N–H and O–H groups in total. The normalized spacial score (nSPS) is 20.4. The van der Waals surface area contributed by atoms with E-state index in [1.165, 1.54) is 11.3 Å².